The van der Waals surface area contributed by atoms with E-state index in [9.17, 15) is 4.79 Å². The number of aromatic amines is 1. The lowest BCUT2D eigenvalue weighted by Crippen LogP contribution is -2.28. The highest BCUT2D eigenvalue weighted by molar-refractivity contribution is 5.96. The number of nitrogens with zero attached hydrogens (tertiary/aromatic N) is 5. The third-order valence-electron chi connectivity index (χ3n) is 1.83. The number of aromatic nitrogens is 6. The fraction of sp³-hybridized carbons (Fsp3) is 0.333. The van der Waals surface area contributed by atoms with E-state index in [-0.39, 0.29) is 11.5 Å². The van der Waals surface area contributed by atoms with Crippen molar-refractivity contribution in [1.82, 2.24) is 36.3 Å². The Morgan fingerprint density at radius 2 is 2.38 bits per heavy atom. The molecule has 4 N–H and O–H groups in total. The fourth-order valence-corrected chi connectivity index (χ4v) is 1.04. The Labute approximate surface area is 88.5 Å². The van der Waals surface area contributed by atoms with Gasteiger partial charge in [-0.2, -0.15) is 5.21 Å². The minimum Gasteiger partial charge on any atom is -0.379 e. The van der Waals surface area contributed by atoms with Gasteiger partial charge in [-0.25, -0.2) is 4.63 Å². The molecule has 0 aliphatic carbocycles. The number of nitrogens with two attached hydrogens (primary N) is 1. The first-order chi connectivity index (χ1) is 7.68. The van der Waals surface area contributed by atoms with Crippen LogP contribution in [0.15, 0.2) is 4.63 Å². The van der Waals surface area contributed by atoms with E-state index in [2.05, 4.69) is 40.9 Å². The van der Waals surface area contributed by atoms with Crippen LogP contribution in [0.3, 0.4) is 0 Å². The van der Waals surface area contributed by atoms with Crippen LogP contribution in [-0.2, 0) is 0 Å². The molecule has 2 aromatic heterocycles. The van der Waals surface area contributed by atoms with E-state index in [1.807, 2.05) is 0 Å². The largest absolute Gasteiger partial charge is 0.379 e. The smallest absolute Gasteiger partial charge is 0.278 e. The Morgan fingerprint density at radius 1 is 1.56 bits per heavy atom. The van der Waals surface area contributed by atoms with E-state index in [4.69, 9.17) is 5.73 Å². The van der Waals surface area contributed by atoms with Crippen LogP contribution < -0.4 is 11.1 Å². The van der Waals surface area contributed by atoms with Crippen molar-refractivity contribution in [2.24, 2.45) is 0 Å². The number of nitrogens with one attached hydrogen (secondary N) is 2. The molecule has 10 nitrogen and oxygen atoms in total. The molecule has 2 rings (SSSR count). The molecule has 2 heterocycles. The Bertz CT molecular complexity index is 476. The van der Waals surface area contributed by atoms with Crippen molar-refractivity contribution in [2.45, 2.75) is 13.0 Å². The number of H-pyrrole nitrogens is 1. The number of carbonyl (C=O) groups is 1. The van der Waals surface area contributed by atoms with Gasteiger partial charge < -0.3 is 11.1 Å². The number of anilines is 1. The topological polar surface area (TPSA) is 148 Å². The van der Waals surface area contributed by atoms with Gasteiger partial charge in [-0.05, 0) is 17.2 Å². The number of amides is 1. The first-order valence-corrected chi connectivity index (χ1v) is 4.30. The van der Waals surface area contributed by atoms with Crippen molar-refractivity contribution in [1.29, 1.82) is 0 Å². The summed E-state index contributed by atoms with van der Waals surface area (Å²) in [6.07, 6.45) is 0. The molecule has 0 radical (unpaired) electrons. The van der Waals surface area contributed by atoms with Crippen LogP contribution in [0.1, 0.15) is 29.3 Å². The summed E-state index contributed by atoms with van der Waals surface area (Å²) in [6.45, 7) is 1.69. The van der Waals surface area contributed by atoms with Crippen molar-refractivity contribution in [3.63, 3.8) is 0 Å². The average Bonchev–Trinajstić information content (AvgIpc) is 2.86. The molecule has 0 saturated carbocycles. The van der Waals surface area contributed by atoms with Crippen molar-refractivity contribution in [2.75, 3.05) is 5.73 Å². The van der Waals surface area contributed by atoms with Gasteiger partial charge in [0.15, 0.2) is 5.82 Å². The second-order valence-electron chi connectivity index (χ2n) is 2.96. The van der Waals surface area contributed by atoms with Crippen LogP contribution in [0, 0.1) is 0 Å². The maximum atomic E-state index is 11.6. The van der Waals surface area contributed by atoms with E-state index in [0.717, 1.165) is 0 Å². The summed E-state index contributed by atoms with van der Waals surface area (Å²) in [5.41, 5.74) is 5.28. The van der Waals surface area contributed by atoms with Crippen molar-refractivity contribution >= 4 is 11.7 Å². The monoisotopic (exact) mass is 224 g/mol. The van der Waals surface area contributed by atoms with Crippen molar-refractivity contribution in [3.8, 4) is 0 Å². The van der Waals surface area contributed by atoms with Gasteiger partial charge in [0, 0.05) is 0 Å². The van der Waals surface area contributed by atoms with Crippen LogP contribution in [0.2, 0.25) is 0 Å². The van der Waals surface area contributed by atoms with E-state index < -0.39 is 11.9 Å². The van der Waals surface area contributed by atoms with Crippen LogP contribution >= 0.6 is 0 Å². The molecule has 1 amide bonds. The Kier molecular flexibility index (Phi) is 2.45. The number of hydrogen-bond acceptors (Lipinski definition) is 8. The quantitative estimate of drug-likeness (QED) is 0.579. The van der Waals surface area contributed by atoms with Crippen LogP contribution in [0.25, 0.3) is 0 Å². The van der Waals surface area contributed by atoms with Gasteiger partial charge >= 0.3 is 0 Å². The summed E-state index contributed by atoms with van der Waals surface area (Å²) in [5.74, 6) is -0.239. The molecular weight excluding hydrogens is 216 g/mol. The Balaban J connectivity index is 2.06. The molecule has 0 bridgehead atoms. The van der Waals surface area contributed by atoms with Crippen molar-refractivity contribution < 1.29 is 9.42 Å². The SMILES string of the molecule is CC(NC(=O)c1nonc1N)c1nn[nH]n1. The number of hydrogen-bond donors (Lipinski definition) is 3. The maximum Gasteiger partial charge on any atom is 0.278 e. The van der Waals surface area contributed by atoms with Gasteiger partial charge in [-0.1, -0.05) is 5.21 Å². The predicted molar refractivity (Wildman–Crippen MR) is 48.8 cm³/mol. The summed E-state index contributed by atoms with van der Waals surface area (Å²) in [6, 6.07) is -0.428. The molecule has 0 saturated heterocycles. The lowest BCUT2D eigenvalue weighted by atomic mass is 10.3. The zero-order valence-corrected chi connectivity index (χ0v) is 8.21. The Hall–Kier alpha value is -2.52. The highest BCUT2D eigenvalue weighted by atomic mass is 16.6. The minimum atomic E-state index is -0.518. The molecule has 10 heteroatoms. The molecule has 16 heavy (non-hydrogen) atoms. The molecular formula is C6H8N8O2. The molecule has 0 fully saturated rings. The zero-order chi connectivity index (χ0) is 11.5. The number of rotatable bonds is 3. The van der Waals surface area contributed by atoms with Gasteiger partial charge in [0.2, 0.25) is 11.5 Å². The van der Waals surface area contributed by atoms with E-state index in [1.165, 1.54) is 0 Å². The van der Waals surface area contributed by atoms with Crippen LogP contribution in [-0.4, -0.2) is 36.8 Å². The highest BCUT2D eigenvalue weighted by Gasteiger charge is 2.20. The van der Waals surface area contributed by atoms with Crippen LogP contribution in [0.5, 0.6) is 0 Å². The molecule has 2 aromatic rings. The van der Waals surface area contributed by atoms with E-state index in [1.54, 1.807) is 6.92 Å². The first kappa shape index (κ1) is 10.0. The summed E-state index contributed by atoms with van der Waals surface area (Å²) in [7, 11) is 0. The lowest BCUT2D eigenvalue weighted by Gasteiger charge is -2.07. The van der Waals surface area contributed by atoms with Gasteiger partial charge in [-0.3, -0.25) is 4.79 Å². The van der Waals surface area contributed by atoms with Crippen molar-refractivity contribution in [3.05, 3.63) is 11.5 Å². The third kappa shape index (κ3) is 1.80. The zero-order valence-electron chi connectivity index (χ0n) is 8.21. The maximum absolute atomic E-state index is 11.6. The first-order valence-electron chi connectivity index (χ1n) is 4.30. The molecule has 0 aromatic carbocycles. The van der Waals surface area contributed by atoms with Gasteiger partial charge in [-0.15, -0.1) is 10.2 Å². The van der Waals surface area contributed by atoms with E-state index >= 15 is 0 Å². The lowest BCUT2D eigenvalue weighted by molar-refractivity contribution is 0.0929. The summed E-state index contributed by atoms with van der Waals surface area (Å²) < 4.78 is 4.30. The molecule has 84 valence electrons. The number of nitrogen functional groups attached to an aromatic ring is 1. The molecule has 0 aliphatic heterocycles. The Morgan fingerprint density at radius 3 is 2.94 bits per heavy atom. The second-order valence-corrected chi connectivity index (χ2v) is 2.96. The molecule has 0 aliphatic rings. The second kappa shape index (κ2) is 3.92. The minimum absolute atomic E-state index is 0.0715. The number of tetrazole rings is 1. The molecule has 1 atom stereocenters. The van der Waals surface area contributed by atoms with Gasteiger partial charge in [0.1, 0.15) is 0 Å². The molecule has 0 spiro atoms. The summed E-state index contributed by atoms with van der Waals surface area (Å²) in [5, 5.41) is 22.3. The molecule has 1 unspecified atom stereocenters. The summed E-state index contributed by atoms with van der Waals surface area (Å²) in [4.78, 5) is 11.6. The third-order valence-corrected chi connectivity index (χ3v) is 1.83. The van der Waals surface area contributed by atoms with Gasteiger partial charge in [0.25, 0.3) is 5.91 Å². The standard InChI is InChI=1S/C6H8N8O2/c1-2(5-9-13-14-10-5)8-6(15)3-4(7)12-16-11-3/h2H,1H3,(H2,7,12)(H,8,15)(H,9,10,13,14). The summed E-state index contributed by atoms with van der Waals surface area (Å²) >= 11 is 0. The van der Waals surface area contributed by atoms with Gasteiger partial charge in [0.05, 0.1) is 6.04 Å². The number of carbonyl (C=O) groups excluding carboxylic acids is 1. The van der Waals surface area contributed by atoms with Crippen LogP contribution in [0.4, 0.5) is 5.82 Å². The highest BCUT2D eigenvalue weighted by Crippen LogP contribution is 2.08. The predicted octanol–water partition coefficient (Wildman–Crippen LogP) is -1.34. The van der Waals surface area contributed by atoms with E-state index in [0.29, 0.717) is 5.82 Å². The fourth-order valence-electron chi connectivity index (χ4n) is 1.04. The normalized spacial score (nSPS) is 12.3. The average molecular weight is 224 g/mol.